The van der Waals surface area contributed by atoms with E-state index in [0.717, 1.165) is 10.6 Å². The minimum Gasteiger partial charge on any atom is -0.291 e. The summed E-state index contributed by atoms with van der Waals surface area (Å²) in [7, 11) is 1.79. The van der Waals surface area contributed by atoms with Crippen molar-refractivity contribution in [3.63, 3.8) is 0 Å². The quantitative estimate of drug-likeness (QED) is 0.936. The van der Waals surface area contributed by atoms with Crippen molar-refractivity contribution in [1.29, 1.82) is 0 Å². The summed E-state index contributed by atoms with van der Waals surface area (Å²) < 4.78 is 0. The van der Waals surface area contributed by atoms with Gasteiger partial charge in [0.2, 0.25) is 5.84 Å². The van der Waals surface area contributed by atoms with Gasteiger partial charge in [-0.05, 0) is 35.7 Å². The second kappa shape index (κ2) is 6.08. The number of hydrazine groups is 1. The minimum absolute atomic E-state index is 0.0985. The van der Waals surface area contributed by atoms with E-state index in [0.29, 0.717) is 10.9 Å². The number of nitrogens with zero attached hydrogens (tertiary/aromatic N) is 3. The topological polar surface area (TPSA) is 47.9 Å². The molecule has 1 aromatic heterocycles. The summed E-state index contributed by atoms with van der Waals surface area (Å²) in [5.74, 6) is 0.265. The van der Waals surface area contributed by atoms with E-state index in [1.165, 1.54) is 6.92 Å². The van der Waals surface area contributed by atoms with Gasteiger partial charge in [-0.3, -0.25) is 9.80 Å². The third kappa shape index (κ3) is 2.85. The summed E-state index contributed by atoms with van der Waals surface area (Å²) in [5.41, 5.74) is 4.16. The van der Waals surface area contributed by atoms with Gasteiger partial charge in [-0.15, -0.1) is 16.4 Å². The van der Waals surface area contributed by atoms with Crippen molar-refractivity contribution in [2.75, 3.05) is 12.1 Å². The fraction of sp³-hybridized carbons (Fsp3) is 0.200. The van der Waals surface area contributed by atoms with Crippen LogP contribution in [0.2, 0.25) is 5.02 Å². The summed E-state index contributed by atoms with van der Waals surface area (Å²) >= 11 is 7.59. The third-order valence-electron chi connectivity index (χ3n) is 3.30. The van der Waals surface area contributed by atoms with Gasteiger partial charge in [0.15, 0.2) is 11.9 Å². The number of benzene rings is 1. The largest absolute Gasteiger partial charge is 0.291 e. The molecule has 0 radical (unpaired) electrons. The number of hydrogen-bond acceptors (Lipinski definition) is 6. The van der Waals surface area contributed by atoms with Crippen molar-refractivity contribution in [2.24, 2.45) is 5.10 Å². The zero-order chi connectivity index (χ0) is 15.7. The molecule has 2 aromatic rings. The van der Waals surface area contributed by atoms with E-state index in [1.54, 1.807) is 28.4 Å². The maximum absolute atomic E-state index is 11.8. The Bertz CT molecular complexity index is 699. The predicted octanol–water partition coefficient (Wildman–Crippen LogP) is 3.26. The Labute approximate surface area is 137 Å². The summed E-state index contributed by atoms with van der Waals surface area (Å²) in [6, 6.07) is 11.4. The standard InChI is InChI=1S/C15H15ClN4OS/c1-10(21)14-18-20(12-7-5-11(16)6-8-12)15(17-19(14)2)13-4-3-9-22-13/h3-9,15,17H,1-2H3/t15-/m0/s1. The molecular formula is C15H15ClN4OS. The summed E-state index contributed by atoms with van der Waals surface area (Å²) in [6.07, 6.45) is -0.172. The fourth-order valence-electron chi connectivity index (χ4n) is 2.26. The monoisotopic (exact) mass is 334 g/mol. The van der Waals surface area contributed by atoms with E-state index in [2.05, 4.69) is 10.5 Å². The Balaban J connectivity index is 2.06. The third-order valence-corrected chi connectivity index (χ3v) is 4.48. The average molecular weight is 335 g/mol. The van der Waals surface area contributed by atoms with E-state index in [-0.39, 0.29) is 11.9 Å². The molecule has 1 aromatic carbocycles. The number of thiophene rings is 1. The lowest BCUT2D eigenvalue weighted by molar-refractivity contribution is -0.112. The molecule has 0 saturated heterocycles. The van der Waals surface area contributed by atoms with Crippen molar-refractivity contribution in [3.05, 3.63) is 51.7 Å². The van der Waals surface area contributed by atoms with Gasteiger partial charge in [0, 0.05) is 23.9 Å². The normalized spacial score (nSPS) is 18.3. The number of carbonyl (C=O) groups excluding carboxylic acids is 1. The van der Waals surface area contributed by atoms with Crippen LogP contribution in [0, 0.1) is 0 Å². The molecule has 114 valence electrons. The van der Waals surface area contributed by atoms with E-state index in [9.17, 15) is 4.79 Å². The first-order chi connectivity index (χ1) is 10.6. The molecular weight excluding hydrogens is 320 g/mol. The number of rotatable bonds is 3. The number of amidine groups is 1. The molecule has 1 N–H and O–H groups in total. The van der Waals surface area contributed by atoms with Crippen LogP contribution >= 0.6 is 22.9 Å². The lowest BCUT2D eigenvalue weighted by atomic mass is 10.2. The zero-order valence-electron chi connectivity index (χ0n) is 12.2. The highest BCUT2D eigenvalue weighted by atomic mass is 35.5. The van der Waals surface area contributed by atoms with Gasteiger partial charge < -0.3 is 0 Å². The highest BCUT2D eigenvalue weighted by molar-refractivity contribution is 7.10. The van der Waals surface area contributed by atoms with Crippen LogP contribution in [0.1, 0.15) is 18.0 Å². The molecule has 0 aliphatic carbocycles. The Morgan fingerprint density at radius 1 is 1.32 bits per heavy atom. The van der Waals surface area contributed by atoms with Crippen molar-refractivity contribution >= 4 is 40.2 Å². The van der Waals surface area contributed by atoms with Crippen LogP contribution in [-0.4, -0.2) is 23.7 Å². The lowest BCUT2D eigenvalue weighted by Gasteiger charge is -2.38. The van der Waals surface area contributed by atoms with Crippen LogP contribution in [0.3, 0.4) is 0 Å². The molecule has 0 fully saturated rings. The van der Waals surface area contributed by atoms with Crippen LogP contribution in [0.25, 0.3) is 0 Å². The highest BCUT2D eigenvalue weighted by Gasteiger charge is 2.30. The van der Waals surface area contributed by atoms with Crippen LogP contribution < -0.4 is 10.4 Å². The van der Waals surface area contributed by atoms with Gasteiger partial charge in [0.25, 0.3) is 0 Å². The Morgan fingerprint density at radius 3 is 2.64 bits per heavy atom. The van der Waals surface area contributed by atoms with E-state index >= 15 is 0 Å². The van der Waals surface area contributed by atoms with Crippen LogP contribution in [0.15, 0.2) is 46.9 Å². The maximum atomic E-state index is 11.8. The zero-order valence-corrected chi connectivity index (χ0v) is 13.7. The molecule has 22 heavy (non-hydrogen) atoms. The fourth-order valence-corrected chi connectivity index (χ4v) is 3.14. The molecule has 0 unspecified atom stereocenters. The van der Waals surface area contributed by atoms with Crippen molar-refractivity contribution < 1.29 is 4.79 Å². The first-order valence-corrected chi connectivity index (χ1v) is 7.99. The molecule has 2 heterocycles. The summed E-state index contributed by atoms with van der Waals surface area (Å²) in [4.78, 5) is 12.9. The molecule has 7 heteroatoms. The van der Waals surface area contributed by atoms with E-state index in [1.807, 2.05) is 41.8 Å². The van der Waals surface area contributed by atoms with E-state index in [4.69, 9.17) is 11.6 Å². The Morgan fingerprint density at radius 2 is 2.05 bits per heavy atom. The molecule has 0 spiro atoms. The second-order valence-electron chi connectivity index (χ2n) is 4.91. The molecule has 1 aliphatic heterocycles. The Hall–Kier alpha value is -1.89. The molecule has 1 atom stereocenters. The number of hydrogen-bond donors (Lipinski definition) is 1. The first kappa shape index (κ1) is 15.0. The summed E-state index contributed by atoms with van der Waals surface area (Å²) in [6.45, 7) is 1.50. The van der Waals surface area contributed by atoms with Crippen molar-refractivity contribution in [3.8, 4) is 0 Å². The number of halogens is 1. The SMILES string of the molecule is CC(=O)C1=NN(c2ccc(Cl)cc2)[C@@H](c2cccs2)NN1C. The van der Waals surface area contributed by atoms with Gasteiger partial charge in [0.05, 0.1) is 5.69 Å². The number of likely N-dealkylation sites (N-methyl/N-ethyl adjacent to an activating group) is 1. The maximum Gasteiger partial charge on any atom is 0.206 e. The molecule has 1 aliphatic rings. The van der Waals surface area contributed by atoms with Crippen LogP contribution in [0.5, 0.6) is 0 Å². The number of ketones is 1. The van der Waals surface area contributed by atoms with Gasteiger partial charge in [-0.1, -0.05) is 17.7 Å². The van der Waals surface area contributed by atoms with Gasteiger partial charge in [-0.2, -0.15) is 0 Å². The minimum atomic E-state index is -0.172. The highest BCUT2D eigenvalue weighted by Crippen LogP contribution is 2.31. The van der Waals surface area contributed by atoms with Gasteiger partial charge >= 0.3 is 0 Å². The van der Waals surface area contributed by atoms with Crippen molar-refractivity contribution in [2.45, 2.75) is 13.1 Å². The number of hydrazone groups is 1. The van der Waals surface area contributed by atoms with Crippen LogP contribution in [-0.2, 0) is 4.79 Å². The first-order valence-electron chi connectivity index (χ1n) is 6.74. The number of nitrogens with one attached hydrogen (secondary N) is 1. The van der Waals surface area contributed by atoms with Gasteiger partial charge in [-0.25, -0.2) is 10.4 Å². The smallest absolute Gasteiger partial charge is 0.206 e. The van der Waals surface area contributed by atoms with E-state index < -0.39 is 0 Å². The predicted molar refractivity (Wildman–Crippen MR) is 90.0 cm³/mol. The average Bonchev–Trinajstić information content (AvgIpc) is 3.02. The molecule has 0 bridgehead atoms. The van der Waals surface area contributed by atoms with Gasteiger partial charge in [0.1, 0.15) is 0 Å². The summed E-state index contributed by atoms with van der Waals surface area (Å²) in [5, 5.41) is 10.7. The second-order valence-corrected chi connectivity index (χ2v) is 6.32. The van der Waals surface area contributed by atoms with Crippen LogP contribution in [0.4, 0.5) is 5.69 Å². The number of carbonyl (C=O) groups is 1. The number of Topliss-reactive ketones (excluding diaryl/α,β-unsaturated/α-hetero) is 1. The molecule has 0 saturated carbocycles. The number of anilines is 1. The molecule has 0 amide bonds. The molecule has 5 nitrogen and oxygen atoms in total. The Kier molecular flexibility index (Phi) is 4.15. The lowest BCUT2D eigenvalue weighted by Crippen LogP contribution is -2.54. The van der Waals surface area contributed by atoms with Crippen molar-refractivity contribution in [1.82, 2.24) is 10.4 Å². The molecule has 3 rings (SSSR count).